The average Bonchev–Trinajstić information content (AvgIpc) is 3.03. The normalized spacial score (nSPS) is 23.5. The molecule has 0 unspecified atom stereocenters. The molecule has 2 aliphatic rings. The van der Waals surface area contributed by atoms with Gasteiger partial charge in [0.1, 0.15) is 18.5 Å². The third-order valence-electron chi connectivity index (χ3n) is 3.74. The number of rotatable bonds is 6. The second kappa shape index (κ2) is 5.81. The molecule has 3 rings (SSSR count). The first-order valence-electron chi connectivity index (χ1n) is 7.11. The Bertz CT molecular complexity index is 533. The number of ether oxygens (including phenoxy) is 3. The number of aliphatic hydroxyl groups is 1. The van der Waals surface area contributed by atoms with Gasteiger partial charge in [-0.15, -0.1) is 0 Å². The molecule has 0 bridgehead atoms. The second-order valence-corrected chi connectivity index (χ2v) is 5.54. The Morgan fingerprint density at radius 1 is 1.48 bits per heavy atom. The van der Waals surface area contributed by atoms with Crippen molar-refractivity contribution in [2.24, 2.45) is 11.8 Å². The zero-order valence-corrected chi connectivity index (χ0v) is 11.9. The maximum atomic E-state index is 11.6. The summed E-state index contributed by atoms with van der Waals surface area (Å²) < 4.78 is 15.9. The lowest BCUT2D eigenvalue weighted by Crippen LogP contribution is -2.36. The third-order valence-corrected chi connectivity index (χ3v) is 3.74. The molecule has 0 spiro atoms. The maximum Gasteiger partial charge on any atom is 0.231 e. The number of benzene rings is 1. The molecule has 0 aromatic heterocycles. The summed E-state index contributed by atoms with van der Waals surface area (Å²) in [5.41, 5.74) is 0. The fourth-order valence-electron chi connectivity index (χ4n) is 2.25. The highest BCUT2D eigenvalue weighted by Gasteiger charge is 2.38. The van der Waals surface area contributed by atoms with Crippen molar-refractivity contribution in [3.63, 3.8) is 0 Å². The van der Waals surface area contributed by atoms with Crippen molar-refractivity contribution in [1.82, 2.24) is 5.32 Å². The Balaban J connectivity index is 1.41. The summed E-state index contributed by atoms with van der Waals surface area (Å²) in [7, 11) is 0. The highest BCUT2D eigenvalue weighted by atomic mass is 16.7. The molecule has 21 heavy (non-hydrogen) atoms. The number of carbonyl (C=O) groups excluding carboxylic acids is 1. The van der Waals surface area contributed by atoms with E-state index < -0.39 is 6.10 Å². The summed E-state index contributed by atoms with van der Waals surface area (Å²) in [4.78, 5) is 11.6. The summed E-state index contributed by atoms with van der Waals surface area (Å²) in [5.74, 6) is 2.52. The van der Waals surface area contributed by atoms with E-state index in [1.54, 1.807) is 18.2 Å². The van der Waals surface area contributed by atoms with E-state index >= 15 is 0 Å². The zero-order chi connectivity index (χ0) is 14.8. The molecule has 1 fully saturated rings. The fraction of sp³-hybridized carbons (Fsp3) is 0.533. The van der Waals surface area contributed by atoms with E-state index in [0.29, 0.717) is 23.2 Å². The van der Waals surface area contributed by atoms with Crippen molar-refractivity contribution in [2.45, 2.75) is 19.4 Å². The van der Waals surface area contributed by atoms with Crippen molar-refractivity contribution in [1.29, 1.82) is 0 Å². The van der Waals surface area contributed by atoms with Gasteiger partial charge in [0.05, 0.1) is 0 Å². The van der Waals surface area contributed by atoms with Gasteiger partial charge >= 0.3 is 0 Å². The van der Waals surface area contributed by atoms with Crippen LogP contribution in [0.1, 0.15) is 13.3 Å². The fourth-order valence-corrected chi connectivity index (χ4v) is 2.25. The molecule has 6 heteroatoms. The predicted molar refractivity (Wildman–Crippen MR) is 74.3 cm³/mol. The smallest absolute Gasteiger partial charge is 0.231 e. The molecule has 6 nitrogen and oxygen atoms in total. The Morgan fingerprint density at radius 2 is 2.24 bits per heavy atom. The number of aliphatic hydroxyl groups excluding tert-OH is 1. The van der Waals surface area contributed by atoms with E-state index in [4.69, 9.17) is 14.2 Å². The van der Waals surface area contributed by atoms with Gasteiger partial charge in [-0.05, 0) is 24.5 Å². The van der Waals surface area contributed by atoms with Gasteiger partial charge in [-0.2, -0.15) is 0 Å². The van der Waals surface area contributed by atoms with E-state index in [0.717, 1.165) is 6.42 Å². The van der Waals surface area contributed by atoms with Crippen LogP contribution in [0.4, 0.5) is 0 Å². The van der Waals surface area contributed by atoms with Crippen molar-refractivity contribution >= 4 is 5.91 Å². The van der Waals surface area contributed by atoms with Crippen LogP contribution in [0.25, 0.3) is 0 Å². The summed E-state index contributed by atoms with van der Waals surface area (Å²) in [6, 6.07) is 5.24. The van der Waals surface area contributed by atoms with Crippen LogP contribution in [0.15, 0.2) is 18.2 Å². The molecule has 0 saturated heterocycles. The number of amides is 1. The molecule has 1 aliphatic heterocycles. The number of hydrogen-bond acceptors (Lipinski definition) is 5. The highest BCUT2D eigenvalue weighted by molar-refractivity contribution is 5.81. The van der Waals surface area contributed by atoms with Gasteiger partial charge in [0, 0.05) is 18.5 Å². The minimum absolute atomic E-state index is 0.0182. The van der Waals surface area contributed by atoms with E-state index in [9.17, 15) is 9.90 Å². The first-order chi connectivity index (χ1) is 10.1. The lowest BCUT2D eigenvalue weighted by atomic mass is 10.3. The van der Waals surface area contributed by atoms with Crippen LogP contribution in [0.3, 0.4) is 0 Å². The summed E-state index contributed by atoms with van der Waals surface area (Å²) in [6.07, 6.45) is 0.198. The van der Waals surface area contributed by atoms with Crippen LogP contribution >= 0.6 is 0 Å². The van der Waals surface area contributed by atoms with Gasteiger partial charge in [-0.3, -0.25) is 4.79 Å². The minimum Gasteiger partial charge on any atom is -0.491 e. The number of hydrogen-bond donors (Lipinski definition) is 2. The topological polar surface area (TPSA) is 77.0 Å². The monoisotopic (exact) mass is 293 g/mol. The molecule has 1 amide bonds. The standard InChI is InChI=1S/C15H19NO5/c1-9-4-12(9)15(18)16-6-10(17)7-19-11-2-3-13-14(5-11)21-8-20-13/h2-3,5,9-10,12,17H,4,6-8H2,1H3,(H,16,18)/t9-,10-,12-/m1/s1. The third kappa shape index (κ3) is 3.39. The van der Waals surface area contributed by atoms with Crippen LogP contribution in [-0.2, 0) is 4.79 Å². The summed E-state index contributed by atoms with van der Waals surface area (Å²) >= 11 is 0. The van der Waals surface area contributed by atoms with Gasteiger partial charge < -0.3 is 24.6 Å². The van der Waals surface area contributed by atoms with Gasteiger partial charge in [0.15, 0.2) is 11.5 Å². The zero-order valence-electron chi connectivity index (χ0n) is 11.9. The van der Waals surface area contributed by atoms with E-state index in [1.807, 2.05) is 6.92 Å². The number of fused-ring (bicyclic) bond motifs is 1. The van der Waals surface area contributed by atoms with E-state index in [2.05, 4.69) is 5.32 Å². The van der Waals surface area contributed by atoms with Gasteiger partial charge in [-0.25, -0.2) is 0 Å². The van der Waals surface area contributed by atoms with Crippen molar-refractivity contribution < 1.29 is 24.1 Å². The van der Waals surface area contributed by atoms with E-state index in [-0.39, 0.29) is 31.8 Å². The van der Waals surface area contributed by atoms with Crippen LogP contribution in [0.2, 0.25) is 0 Å². The number of nitrogens with one attached hydrogen (secondary N) is 1. The predicted octanol–water partition coefficient (Wildman–Crippen LogP) is 0.927. The lowest BCUT2D eigenvalue weighted by molar-refractivity contribution is -0.123. The largest absolute Gasteiger partial charge is 0.491 e. The molecule has 3 atom stereocenters. The Kier molecular flexibility index (Phi) is 3.88. The minimum atomic E-state index is -0.742. The molecular weight excluding hydrogens is 274 g/mol. The summed E-state index contributed by atoms with van der Waals surface area (Å²) in [6.45, 7) is 2.57. The molecule has 1 aromatic carbocycles. The molecule has 1 heterocycles. The maximum absolute atomic E-state index is 11.6. The Hall–Kier alpha value is -1.95. The van der Waals surface area contributed by atoms with Crippen LogP contribution in [0, 0.1) is 11.8 Å². The molecular formula is C15H19NO5. The molecule has 114 valence electrons. The Labute approximate surface area is 123 Å². The molecule has 1 aliphatic carbocycles. The lowest BCUT2D eigenvalue weighted by Gasteiger charge is -2.13. The SMILES string of the molecule is C[C@@H]1C[C@H]1C(=O)NC[C@@H](O)COc1ccc2c(c1)OCO2. The van der Waals surface area contributed by atoms with Crippen molar-refractivity contribution in [2.75, 3.05) is 19.9 Å². The molecule has 2 N–H and O–H groups in total. The van der Waals surface area contributed by atoms with Crippen LogP contribution in [-0.4, -0.2) is 37.1 Å². The summed E-state index contributed by atoms with van der Waals surface area (Å²) in [5, 5.41) is 12.6. The molecule has 1 aromatic rings. The van der Waals surface area contributed by atoms with Crippen molar-refractivity contribution in [3.8, 4) is 17.2 Å². The van der Waals surface area contributed by atoms with Crippen LogP contribution < -0.4 is 19.5 Å². The first-order valence-corrected chi connectivity index (χ1v) is 7.11. The molecule has 1 saturated carbocycles. The Morgan fingerprint density at radius 3 is 3.00 bits per heavy atom. The first kappa shape index (κ1) is 14.0. The molecule has 0 radical (unpaired) electrons. The van der Waals surface area contributed by atoms with Gasteiger partial charge in [-0.1, -0.05) is 6.92 Å². The highest BCUT2D eigenvalue weighted by Crippen LogP contribution is 2.37. The quantitative estimate of drug-likeness (QED) is 0.816. The van der Waals surface area contributed by atoms with Gasteiger partial charge in [0.25, 0.3) is 0 Å². The number of carbonyl (C=O) groups is 1. The van der Waals surface area contributed by atoms with Crippen molar-refractivity contribution in [3.05, 3.63) is 18.2 Å². The second-order valence-electron chi connectivity index (χ2n) is 5.54. The van der Waals surface area contributed by atoms with Crippen LogP contribution in [0.5, 0.6) is 17.2 Å². The van der Waals surface area contributed by atoms with Gasteiger partial charge in [0.2, 0.25) is 12.7 Å². The average molecular weight is 293 g/mol. The van der Waals surface area contributed by atoms with E-state index in [1.165, 1.54) is 0 Å².